The molecule has 0 radical (unpaired) electrons. The molecule has 2 aromatic rings. The van der Waals surface area contributed by atoms with E-state index in [2.05, 4.69) is 5.32 Å². The first-order valence-electron chi connectivity index (χ1n) is 8.41. The van der Waals surface area contributed by atoms with Crippen LogP contribution in [0.5, 0.6) is 11.5 Å². The van der Waals surface area contributed by atoms with E-state index < -0.39 is 5.97 Å². The van der Waals surface area contributed by atoms with Gasteiger partial charge in [-0.1, -0.05) is 6.07 Å². The van der Waals surface area contributed by atoms with E-state index in [0.29, 0.717) is 11.5 Å². The predicted octanol–water partition coefficient (Wildman–Crippen LogP) is 2.99. The highest BCUT2D eigenvalue weighted by atomic mass is 16.5. The van der Waals surface area contributed by atoms with Crippen LogP contribution in [0.4, 0.5) is 5.69 Å². The van der Waals surface area contributed by atoms with Crippen LogP contribution in [0.3, 0.4) is 0 Å². The highest BCUT2D eigenvalue weighted by Gasteiger charge is 2.15. The van der Waals surface area contributed by atoms with E-state index in [0.717, 1.165) is 24.9 Å². The average Bonchev–Trinajstić information content (AvgIpc) is 3.13. The number of nitrogens with one attached hydrogen (secondary N) is 1. The lowest BCUT2D eigenvalue weighted by Crippen LogP contribution is -2.21. The molecule has 0 fully saturated rings. The van der Waals surface area contributed by atoms with Gasteiger partial charge in [-0.2, -0.15) is 0 Å². The van der Waals surface area contributed by atoms with Crippen molar-refractivity contribution in [2.24, 2.45) is 0 Å². The van der Waals surface area contributed by atoms with Crippen LogP contribution in [0.2, 0.25) is 0 Å². The number of fused-ring (bicyclic) bond motifs is 1. The maximum absolute atomic E-state index is 12.2. The number of rotatable bonds is 6. The third-order valence-corrected chi connectivity index (χ3v) is 4.30. The number of hydrogen-bond donors (Lipinski definition) is 1. The van der Waals surface area contributed by atoms with Gasteiger partial charge in [-0.05, 0) is 54.7 Å². The topological polar surface area (TPSA) is 73.9 Å². The minimum Gasteiger partial charge on any atom is -0.497 e. The zero-order chi connectivity index (χ0) is 18.5. The molecule has 2 aromatic carbocycles. The molecule has 0 atom stereocenters. The largest absolute Gasteiger partial charge is 0.497 e. The van der Waals surface area contributed by atoms with Gasteiger partial charge in [0.1, 0.15) is 11.5 Å². The summed E-state index contributed by atoms with van der Waals surface area (Å²) in [6, 6.07) is 10.6. The molecule has 136 valence electrons. The van der Waals surface area contributed by atoms with Gasteiger partial charge in [0.25, 0.3) is 5.91 Å². The molecule has 3 rings (SSSR count). The molecular formula is C20H21NO5. The molecule has 0 saturated heterocycles. The van der Waals surface area contributed by atoms with Gasteiger partial charge in [-0.3, -0.25) is 4.79 Å². The van der Waals surface area contributed by atoms with Crippen LogP contribution in [-0.4, -0.2) is 32.7 Å². The maximum Gasteiger partial charge on any atom is 0.338 e. The molecule has 6 heteroatoms. The SMILES string of the molecule is COc1cc(OC)cc(C(=O)OCC(=O)Nc2ccc3c(c2)CCC3)c1. The van der Waals surface area contributed by atoms with Crippen molar-refractivity contribution in [3.05, 3.63) is 53.1 Å². The zero-order valence-corrected chi connectivity index (χ0v) is 14.8. The summed E-state index contributed by atoms with van der Waals surface area (Å²) in [6.45, 7) is -0.366. The van der Waals surface area contributed by atoms with Crippen LogP contribution in [0.25, 0.3) is 0 Å². The first-order chi connectivity index (χ1) is 12.6. The molecule has 1 aliphatic carbocycles. The number of benzene rings is 2. The number of carbonyl (C=O) groups is 2. The van der Waals surface area contributed by atoms with Crippen molar-refractivity contribution in [2.45, 2.75) is 19.3 Å². The van der Waals surface area contributed by atoms with Crippen molar-refractivity contribution in [3.63, 3.8) is 0 Å². The monoisotopic (exact) mass is 355 g/mol. The zero-order valence-electron chi connectivity index (χ0n) is 14.8. The van der Waals surface area contributed by atoms with Gasteiger partial charge in [-0.15, -0.1) is 0 Å². The van der Waals surface area contributed by atoms with E-state index in [-0.39, 0.29) is 18.1 Å². The maximum atomic E-state index is 12.2. The van der Waals surface area contributed by atoms with E-state index in [4.69, 9.17) is 14.2 Å². The Labute approximate surface area is 152 Å². The Morgan fingerprint density at radius 1 is 0.962 bits per heavy atom. The fourth-order valence-electron chi connectivity index (χ4n) is 2.99. The van der Waals surface area contributed by atoms with Crippen LogP contribution in [-0.2, 0) is 22.4 Å². The van der Waals surface area contributed by atoms with E-state index in [1.54, 1.807) is 6.07 Å². The van der Waals surface area contributed by atoms with Crippen molar-refractivity contribution >= 4 is 17.6 Å². The smallest absolute Gasteiger partial charge is 0.338 e. The third kappa shape index (κ3) is 4.14. The summed E-state index contributed by atoms with van der Waals surface area (Å²) < 4.78 is 15.3. The summed E-state index contributed by atoms with van der Waals surface area (Å²) in [4.78, 5) is 24.2. The van der Waals surface area contributed by atoms with E-state index in [9.17, 15) is 9.59 Å². The van der Waals surface area contributed by atoms with Crippen LogP contribution < -0.4 is 14.8 Å². The minimum absolute atomic E-state index is 0.256. The van der Waals surface area contributed by atoms with Crippen molar-refractivity contribution in [3.8, 4) is 11.5 Å². The fraction of sp³-hybridized carbons (Fsp3) is 0.300. The Hall–Kier alpha value is -3.02. The van der Waals surface area contributed by atoms with E-state index >= 15 is 0 Å². The Bertz CT molecular complexity index is 809. The summed E-state index contributed by atoms with van der Waals surface area (Å²) in [6.07, 6.45) is 3.27. The van der Waals surface area contributed by atoms with Crippen molar-refractivity contribution in [2.75, 3.05) is 26.1 Å². The molecule has 6 nitrogen and oxygen atoms in total. The summed E-state index contributed by atoms with van der Waals surface area (Å²) in [5.74, 6) is -0.0600. The van der Waals surface area contributed by atoms with E-state index in [1.807, 2.05) is 18.2 Å². The lowest BCUT2D eigenvalue weighted by Gasteiger charge is -2.10. The predicted molar refractivity (Wildman–Crippen MR) is 96.9 cm³/mol. The highest BCUT2D eigenvalue weighted by molar-refractivity contribution is 5.96. The number of anilines is 1. The Kier molecular flexibility index (Phi) is 5.41. The van der Waals surface area contributed by atoms with Gasteiger partial charge in [0, 0.05) is 11.8 Å². The number of aryl methyl sites for hydroxylation is 2. The van der Waals surface area contributed by atoms with Gasteiger partial charge in [0.15, 0.2) is 6.61 Å². The second kappa shape index (κ2) is 7.91. The van der Waals surface area contributed by atoms with Crippen molar-refractivity contribution in [1.82, 2.24) is 0 Å². The average molecular weight is 355 g/mol. The van der Waals surface area contributed by atoms with Crippen LogP contribution in [0, 0.1) is 0 Å². The molecule has 0 saturated carbocycles. The molecule has 0 bridgehead atoms. The number of ether oxygens (including phenoxy) is 3. The van der Waals surface area contributed by atoms with Gasteiger partial charge in [0.05, 0.1) is 19.8 Å². The second-order valence-corrected chi connectivity index (χ2v) is 6.06. The molecule has 0 aliphatic heterocycles. The lowest BCUT2D eigenvalue weighted by molar-refractivity contribution is -0.119. The molecule has 0 aromatic heterocycles. The molecule has 1 amide bonds. The second-order valence-electron chi connectivity index (χ2n) is 6.06. The summed E-state index contributed by atoms with van der Waals surface area (Å²) in [5.41, 5.74) is 3.57. The first-order valence-corrected chi connectivity index (χ1v) is 8.41. The Balaban J connectivity index is 1.58. The highest BCUT2D eigenvalue weighted by Crippen LogP contribution is 2.25. The number of esters is 1. The third-order valence-electron chi connectivity index (χ3n) is 4.30. The summed E-state index contributed by atoms with van der Waals surface area (Å²) in [5, 5.41) is 2.76. The number of methoxy groups -OCH3 is 2. The summed E-state index contributed by atoms with van der Waals surface area (Å²) in [7, 11) is 2.99. The van der Waals surface area contributed by atoms with Crippen LogP contribution >= 0.6 is 0 Å². The molecule has 0 heterocycles. The number of amides is 1. The van der Waals surface area contributed by atoms with Crippen molar-refractivity contribution < 1.29 is 23.8 Å². The van der Waals surface area contributed by atoms with Gasteiger partial charge >= 0.3 is 5.97 Å². The van der Waals surface area contributed by atoms with E-state index in [1.165, 1.54) is 37.5 Å². The van der Waals surface area contributed by atoms with Gasteiger partial charge in [-0.25, -0.2) is 4.79 Å². The van der Waals surface area contributed by atoms with Crippen LogP contribution in [0.15, 0.2) is 36.4 Å². The minimum atomic E-state index is -0.619. The fourth-order valence-corrected chi connectivity index (χ4v) is 2.99. The lowest BCUT2D eigenvalue weighted by atomic mass is 10.1. The molecule has 1 N–H and O–H groups in total. The first kappa shape index (κ1) is 17.8. The summed E-state index contributed by atoms with van der Waals surface area (Å²) >= 11 is 0. The quantitative estimate of drug-likeness (QED) is 0.807. The molecule has 0 unspecified atom stereocenters. The van der Waals surface area contributed by atoms with Crippen molar-refractivity contribution in [1.29, 1.82) is 0 Å². The molecule has 1 aliphatic rings. The number of carbonyl (C=O) groups excluding carboxylic acids is 2. The molecular weight excluding hydrogens is 334 g/mol. The number of hydrogen-bond acceptors (Lipinski definition) is 5. The van der Waals surface area contributed by atoms with Gasteiger partial charge < -0.3 is 19.5 Å². The van der Waals surface area contributed by atoms with Crippen LogP contribution in [0.1, 0.15) is 27.9 Å². The standard InChI is InChI=1S/C20H21NO5/c1-24-17-9-15(10-18(11-17)25-2)20(23)26-12-19(22)21-16-7-6-13-4-3-5-14(13)8-16/h6-11H,3-5,12H2,1-2H3,(H,21,22). The van der Waals surface area contributed by atoms with Gasteiger partial charge in [0.2, 0.25) is 0 Å². The molecule has 0 spiro atoms. The Morgan fingerprint density at radius 3 is 2.35 bits per heavy atom. The molecule has 26 heavy (non-hydrogen) atoms. The Morgan fingerprint density at radius 2 is 1.65 bits per heavy atom. The normalized spacial score (nSPS) is 12.2.